The van der Waals surface area contributed by atoms with Crippen molar-refractivity contribution in [3.8, 4) is 0 Å². The fourth-order valence-corrected chi connectivity index (χ4v) is 0.781. The third kappa shape index (κ3) is 7.01. The van der Waals surface area contributed by atoms with Crippen molar-refractivity contribution in [1.82, 2.24) is 0 Å². The summed E-state index contributed by atoms with van der Waals surface area (Å²) < 4.78 is 0. The molecule has 0 aromatic rings. The highest BCUT2D eigenvalue weighted by molar-refractivity contribution is 5.68. The maximum Gasteiger partial charge on any atom is 0.324 e. The molecule has 0 spiro atoms. The molecule has 0 unspecified atom stereocenters. The summed E-state index contributed by atoms with van der Waals surface area (Å²) in [6.45, 7) is 0. The number of unbranched alkanes of at least 4 members (excludes halogenated alkanes) is 2. The second kappa shape index (κ2) is 6.60. The molecular formula is C7H13NO4. The maximum absolute atomic E-state index is 10.4. The predicted molar refractivity (Wildman–Crippen MR) is 41.0 cm³/mol. The highest BCUT2D eigenvalue weighted by Crippen LogP contribution is 2.03. The Morgan fingerprint density at radius 1 is 1.17 bits per heavy atom. The number of rotatable bonds is 6. The van der Waals surface area contributed by atoms with E-state index in [2.05, 4.69) is 10.7 Å². The quantitative estimate of drug-likeness (QED) is 0.451. The van der Waals surface area contributed by atoms with E-state index in [0.717, 1.165) is 0 Å². The molecule has 0 bridgehead atoms. The lowest BCUT2D eigenvalue weighted by molar-refractivity contribution is -0.144. The molecule has 70 valence electrons. The number of nitrogens with two attached hydrogens (primary N) is 1. The van der Waals surface area contributed by atoms with Gasteiger partial charge in [-0.15, -0.1) is 0 Å². The molecule has 0 fully saturated rings. The first-order chi connectivity index (χ1) is 5.66. The van der Waals surface area contributed by atoms with E-state index in [1.54, 1.807) is 0 Å². The van der Waals surface area contributed by atoms with Crippen molar-refractivity contribution in [2.75, 3.05) is 0 Å². The molecule has 0 aliphatic rings. The van der Waals surface area contributed by atoms with Gasteiger partial charge in [-0.3, -0.25) is 9.59 Å². The Bertz CT molecular complexity index is 157. The topological polar surface area (TPSA) is 89.6 Å². The SMILES string of the molecule is NOC(=O)CCCCCC(=O)O. The summed E-state index contributed by atoms with van der Waals surface area (Å²) in [5.74, 6) is 3.33. The maximum atomic E-state index is 10.4. The van der Waals surface area contributed by atoms with Crippen LogP contribution in [0.4, 0.5) is 0 Å². The van der Waals surface area contributed by atoms with E-state index in [9.17, 15) is 9.59 Å². The molecule has 0 aromatic heterocycles. The highest BCUT2D eigenvalue weighted by atomic mass is 16.7. The highest BCUT2D eigenvalue weighted by Gasteiger charge is 2.01. The smallest absolute Gasteiger partial charge is 0.324 e. The first-order valence-corrected chi connectivity index (χ1v) is 3.78. The van der Waals surface area contributed by atoms with Gasteiger partial charge in [0.15, 0.2) is 0 Å². The third-order valence-electron chi connectivity index (χ3n) is 1.40. The predicted octanol–water partition coefficient (Wildman–Crippen LogP) is 0.438. The van der Waals surface area contributed by atoms with Crippen LogP contribution in [0, 0.1) is 0 Å². The van der Waals surface area contributed by atoms with Crippen molar-refractivity contribution >= 4 is 11.9 Å². The minimum absolute atomic E-state index is 0.150. The third-order valence-corrected chi connectivity index (χ3v) is 1.40. The Labute approximate surface area is 70.5 Å². The zero-order valence-corrected chi connectivity index (χ0v) is 6.78. The zero-order valence-electron chi connectivity index (χ0n) is 6.78. The van der Waals surface area contributed by atoms with Crippen LogP contribution in [0.1, 0.15) is 32.1 Å². The number of aliphatic carboxylic acids is 1. The van der Waals surface area contributed by atoms with Crippen molar-refractivity contribution in [2.45, 2.75) is 32.1 Å². The van der Waals surface area contributed by atoms with Gasteiger partial charge in [-0.1, -0.05) is 6.42 Å². The molecule has 0 saturated carbocycles. The summed E-state index contributed by atoms with van der Waals surface area (Å²) in [5, 5.41) is 8.26. The molecule has 0 amide bonds. The average molecular weight is 175 g/mol. The largest absolute Gasteiger partial charge is 0.481 e. The monoisotopic (exact) mass is 175 g/mol. The van der Waals surface area contributed by atoms with Gasteiger partial charge in [0.25, 0.3) is 0 Å². The van der Waals surface area contributed by atoms with Crippen LogP contribution in [0.15, 0.2) is 0 Å². The van der Waals surface area contributed by atoms with Crippen molar-refractivity contribution in [3.05, 3.63) is 0 Å². The standard InChI is InChI=1S/C7H13NO4/c8-12-7(11)5-3-1-2-4-6(9)10/h1-5,8H2,(H,9,10). The number of hydrogen-bond donors (Lipinski definition) is 2. The summed E-state index contributed by atoms with van der Waals surface area (Å²) in [7, 11) is 0. The fourth-order valence-electron chi connectivity index (χ4n) is 0.781. The Balaban J connectivity index is 3.11. The first-order valence-electron chi connectivity index (χ1n) is 3.78. The van der Waals surface area contributed by atoms with Gasteiger partial charge in [0.2, 0.25) is 0 Å². The number of carboxylic acid groups (broad SMARTS) is 1. The van der Waals surface area contributed by atoms with E-state index < -0.39 is 11.9 Å². The Morgan fingerprint density at radius 2 is 1.75 bits per heavy atom. The molecule has 0 aliphatic heterocycles. The molecule has 0 saturated heterocycles. The summed E-state index contributed by atoms with van der Waals surface area (Å²) in [6.07, 6.45) is 2.34. The Kier molecular flexibility index (Phi) is 6.00. The van der Waals surface area contributed by atoms with Crippen LogP contribution < -0.4 is 5.90 Å². The molecule has 0 rings (SSSR count). The lowest BCUT2D eigenvalue weighted by Gasteiger charge is -1.97. The number of hydrogen-bond acceptors (Lipinski definition) is 4. The van der Waals surface area contributed by atoms with Gasteiger partial charge in [-0.05, 0) is 12.8 Å². The summed E-state index contributed by atoms with van der Waals surface area (Å²) in [4.78, 5) is 24.4. The van der Waals surface area contributed by atoms with E-state index in [4.69, 9.17) is 5.11 Å². The van der Waals surface area contributed by atoms with Gasteiger partial charge < -0.3 is 9.94 Å². The van der Waals surface area contributed by atoms with Crippen LogP contribution in [0.25, 0.3) is 0 Å². The van der Waals surface area contributed by atoms with Gasteiger partial charge in [-0.25, -0.2) is 0 Å². The lowest BCUT2D eigenvalue weighted by Crippen LogP contribution is -2.09. The Morgan fingerprint density at radius 3 is 2.25 bits per heavy atom. The van der Waals surface area contributed by atoms with Gasteiger partial charge in [0, 0.05) is 12.8 Å². The van der Waals surface area contributed by atoms with Crippen molar-refractivity contribution < 1.29 is 19.5 Å². The number of carboxylic acids is 1. The van der Waals surface area contributed by atoms with Crippen LogP contribution >= 0.6 is 0 Å². The van der Waals surface area contributed by atoms with Crippen molar-refractivity contribution in [2.24, 2.45) is 5.90 Å². The molecule has 0 radical (unpaired) electrons. The minimum atomic E-state index is -0.809. The van der Waals surface area contributed by atoms with Gasteiger partial charge >= 0.3 is 11.9 Å². The van der Waals surface area contributed by atoms with Crippen LogP contribution in [-0.2, 0) is 14.4 Å². The zero-order chi connectivity index (χ0) is 9.40. The van der Waals surface area contributed by atoms with Crippen molar-refractivity contribution in [1.29, 1.82) is 0 Å². The summed E-state index contributed by atoms with van der Waals surface area (Å²) in [6, 6.07) is 0. The second-order valence-electron chi connectivity index (χ2n) is 2.44. The Hall–Kier alpha value is -1.10. The van der Waals surface area contributed by atoms with Crippen LogP contribution in [0.3, 0.4) is 0 Å². The van der Waals surface area contributed by atoms with Gasteiger partial charge in [-0.2, -0.15) is 5.90 Å². The minimum Gasteiger partial charge on any atom is -0.481 e. The van der Waals surface area contributed by atoms with Crippen LogP contribution in [0.2, 0.25) is 0 Å². The molecule has 5 nitrogen and oxygen atoms in total. The van der Waals surface area contributed by atoms with Crippen molar-refractivity contribution in [3.63, 3.8) is 0 Å². The van der Waals surface area contributed by atoms with E-state index in [0.29, 0.717) is 19.3 Å². The van der Waals surface area contributed by atoms with E-state index in [-0.39, 0.29) is 12.8 Å². The number of carbonyl (C=O) groups excluding carboxylic acids is 1. The average Bonchev–Trinajstić information content (AvgIpc) is 2.03. The van der Waals surface area contributed by atoms with Crippen LogP contribution in [-0.4, -0.2) is 17.0 Å². The molecule has 0 aromatic carbocycles. The van der Waals surface area contributed by atoms with E-state index in [1.807, 2.05) is 0 Å². The van der Waals surface area contributed by atoms with E-state index >= 15 is 0 Å². The molecule has 5 heteroatoms. The normalized spacial score (nSPS) is 9.42. The molecule has 12 heavy (non-hydrogen) atoms. The molecular weight excluding hydrogens is 162 g/mol. The van der Waals surface area contributed by atoms with Gasteiger partial charge in [0.1, 0.15) is 0 Å². The number of carbonyl (C=O) groups is 2. The molecule has 0 atom stereocenters. The van der Waals surface area contributed by atoms with Gasteiger partial charge in [0.05, 0.1) is 0 Å². The van der Waals surface area contributed by atoms with Crippen LogP contribution in [0.5, 0.6) is 0 Å². The lowest BCUT2D eigenvalue weighted by atomic mass is 10.1. The summed E-state index contributed by atoms with van der Waals surface area (Å²) >= 11 is 0. The molecule has 0 aliphatic carbocycles. The first kappa shape index (κ1) is 10.9. The molecule has 3 N–H and O–H groups in total. The fraction of sp³-hybridized carbons (Fsp3) is 0.714. The van der Waals surface area contributed by atoms with E-state index in [1.165, 1.54) is 0 Å². The molecule has 0 heterocycles. The summed E-state index contributed by atoms with van der Waals surface area (Å²) in [5.41, 5.74) is 0. The second-order valence-corrected chi connectivity index (χ2v) is 2.44.